The van der Waals surface area contributed by atoms with Crippen LogP contribution in [0.25, 0.3) is 0 Å². The van der Waals surface area contributed by atoms with Crippen LogP contribution in [0.3, 0.4) is 0 Å². The molecule has 7 nitrogen and oxygen atoms in total. The Balaban J connectivity index is 1.55. The summed E-state index contributed by atoms with van der Waals surface area (Å²) in [7, 11) is 2.19. The number of aromatic nitrogens is 2. The molecular formula is C21H37N5O2. The van der Waals surface area contributed by atoms with E-state index in [0.29, 0.717) is 24.9 Å². The Morgan fingerprint density at radius 3 is 2.75 bits per heavy atom. The number of likely N-dealkylation sites (tertiary alicyclic amines) is 1. The summed E-state index contributed by atoms with van der Waals surface area (Å²) in [5.74, 6) is 1.76. The summed E-state index contributed by atoms with van der Waals surface area (Å²) in [6.45, 7) is 9.21. The highest BCUT2D eigenvalue weighted by Gasteiger charge is 2.35. The molecule has 2 saturated heterocycles. The van der Waals surface area contributed by atoms with Gasteiger partial charge in [-0.1, -0.05) is 6.92 Å². The van der Waals surface area contributed by atoms with Gasteiger partial charge in [0.15, 0.2) is 0 Å². The van der Waals surface area contributed by atoms with E-state index in [1.54, 1.807) is 0 Å². The normalized spacial score (nSPS) is 24.6. The van der Waals surface area contributed by atoms with Gasteiger partial charge in [0, 0.05) is 83.7 Å². The van der Waals surface area contributed by atoms with Crippen LogP contribution < -0.4 is 0 Å². The molecule has 0 spiro atoms. The van der Waals surface area contributed by atoms with Crippen LogP contribution in [0.2, 0.25) is 0 Å². The largest absolute Gasteiger partial charge is 0.396 e. The van der Waals surface area contributed by atoms with Crippen LogP contribution in [0.5, 0.6) is 0 Å². The van der Waals surface area contributed by atoms with Gasteiger partial charge in [-0.2, -0.15) is 0 Å². The van der Waals surface area contributed by atoms with Gasteiger partial charge < -0.3 is 19.5 Å². The Labute approximate surface area is 169 Å². The van der Waals surface area contributed by atoms with E-state index in [1.165, 1.54) is 0 Å². The molecule has 0 aliphatic carbocycles. The van der Waals surface area contributed by atoms with Crippen molar-refractivity contribution in [3.63, 3.8) is 0 Å². The smallest absolute Gasteiger partial charge is 0.224 e. The minimum atomic E-state index is 0.236. The fourth-order valence-corrected chi connectivity index (χ4v) is 4.75. The van der Waals surface area contributed by atoms with Crippen molar-refractivity contribution < 1.29 is 9.90 Å². The molecule has 28 heavy (non-hydrogen) atoms. The molecule has 0 saturated carbocycles. The third kappa shape index (κ3) is 5.33. The summed E-state index contributed by atoms with van der Waals surface area (Å²) < 4.78 is 2.10. The zero-order chi connectivity index (χ0) is 19.9. The van der Waals surface area contributed by atoms with E-state index in [-0.39, 0.29) is 12.5 Å². The summed E-state index contributed by atoms with van der Waals surface area (Å²) in [6, 6.07) is 0.546. The van der Waals surface area contributed by atoms with Gasteiger partial charge in [-0.05, 0) is 32.2 Å². The molecule has 0 bridgehead atoms. The number of aryl methyl sites for hydroxylation is 2. The highest BCUT2D eigenvalue weighted by Crippen LogP contribution is 2.27. The maximum Gasteiger partial charge on any atom is 0.224 e. The predicted molar refractivity (Wildman–Crippen MR) is 110 cm³/mol. The summed E-state index contributed by atoms with van der Waals surface area (Å²) in [5, 5.41) is 9.33. The Kier molecular flexibility index (Phi) is 7.88. The molecule has 0 unspecified atom stereocenters. The second-order valence-electron chi connectivity index (χ2n) is 8.30. The highest BCUT2D eigenvalue weighted by atomic mass is 16.3. The number of hydrogen-bond acceptors (Lipinski definition) is 5. The topological polar surface area (TPSA) is 64.8 Å². The molecule has 2 atom stereocenters. The van der Waals surface area contributed by atoms with Crippen molar-refractivity contribution in [1.29, 1.82) is 0 Å². The number of amides is 1. The average Bonchev–Trinajstić information content (AvgIpc) is 3.18. The van der Waals surface area contributed by atoms with E-state index in [9.17, 15) is 9.90 Å². The highest BCUT2D eigenvalue weighted by molar-refractivity contribution is 5.76. The summed E-state index contributed by atoms with van der Waals surface area (Å²) in [6.07, 6.45) is 8.09. The first kappa shape index (κ1) is 21.3. The van der Waals surface area contributed by atoms with Crippen LogP contribution >= 0.6 is 0 Å². The number of carbonyl (C=O) groups is 1. The maximum atomic E-state index is 12.9. The lowest BCUT2D eigenvalue weighted by molar-refractivity contribution is -0.134. The first-order valence-electron chi connectivity index (χ1n) is 10.9. The number of aliphatic hydroxyl groups excluding tert-OH is 1. The monoisotopic (exact) mass is 391 g/mol. The lowest BCUT2D eigenvalue weighted by Gasteiger charge is -2.46. The van der Waals surface area contributed by atoms with Gasteiger partial charge in [0.2, 0.25) is 5.91 Å². The van der Waals surface area contributed by atoms with E-state index in [4.69, 9.17) is 0 Å². The fraction of sp³-hybridized carbons (Fsp3) is 0.810. The number of piperidine rings is 1. The van der Waals surface area contributed by atoms with Gasteiger partial charge >= 0.3 is 0 Å². The van der Waals surface area contributed by atoms with Crippen molar-refractivity contribution in [3.8, 4) is 0 Å². The van der Waals surface area contributed by atoms with Crippen molar-refractivity contribution in [1.82, 2.24) is 24.3 Å². The van der Waals surface area contributed by atoms with Crippen LogP contribution in [-0.4, -0.2) is 94.2 Å². The molecule has 1 aromatic heterocycles. The molecule has 0 radical (unpaired) electrons. The number of nitrogens with zero attached hydrogens (tertiary/aromatic N) is 5. The van der Waals surface area contributed by atoms with Crippen molar-refractivity contribution in [2.75, 3.05) is 52.9 Å². The SMILES string of the molecule is CCc1nccn1CCC(=O)N1CC[C@H](N2CCN(C)CC2)[C@H](CCCO)C1. The Morgan fingerprint density at radius 2 is 2.04 bits per heavy atom. The summed E-state index contributed by atoms with van der Waals surface area (Å²) >= 11 is 0. The van der Waals surface area contributed by atoms with Crippen LogP contribution in [0.15, 0.2) is 12.4 Å². The molecule has 7 heteroatoms. The fourth-order valence-electron chi connectivity index (χ4n) is 4.75. The van der Waals surface area contributed by atoms with Crippen molar-refractivity contribution in [2.24, 2.45) is 5.92 Å². The van der Waals surface area contributed by atoms with E-state index >= 15 is 0 Å². The van der Waals surface area contributed by atoms with E-state index in [0.717, 1.165) is 70.8 Å². The molecule has 0 aromatic carbocycles. The van der Waals surface area contributed by atoms with E-state index < -0.39 is 0 Å². The van der Waals surface area contributed by atoms with Crippen molar-refractivity contribution in [2.45, 2.75) is 51.6 Å². The van der Waals surface area contributed by atoms with Crippen LogP contribution in [0, 0.1) is 5.92 Å². The zero-order valence-corrected chi connectivity index (χ0v) is 17.6. The van der Waals surface area contributed by atoms with Crippen molar-refractivity contribution in [3.05, 3.63) is 18.2 Å². The Morgan fingerprint density at radius 1 is 1.25 bits per heavy atom. The van der Waals surface area contributed by atoms with E-state index in [1.807, 2.05) is 12.4 Å². The predicted octanol–water partition coefficient (Wildman–Crippen LogP) is 1.07. The summed E-state index contributed by atoms with van der Waals surface area (Å²) in [5.41, 5.74) is 0. The van der Waals surface area contributed by atoms with Gasteiger partial charge in [0.25, 0.3) is 0 Å². The standard InChI is InChI=1S/C21H37N5O2/c1-3-20-22-8-11-25(20)10-7-21(28)26-9-6-19(18(17-26)5-4-16-27)24-14-12-23(2)13-15-24/h8,11,18-19,27H,3-7,9-10,12-17H2,1-2H3/t18-,19+/m1/s1. The minimum Gasteiger partial charge on any atom is -0.396 e. The van der Waals surface area contributed by atoms with Gasteiger partial charge in [-0.15, -0.1) is 0 Å². The molecular weight excluding hydrogens is 354 g/mol. The first-order valence-corrected chi connectivity index (χ1v) is 10.9. The second kappa shape index (κ2) is 10.4. The van der Waals surface area contributed by atoms with Gasteiger partial charge in [0.1, 0.15) is 5.82 Å². The molecule has 3 rings (SSSR count). The van der Waals surface area contributed by atoms with Gasteiger partial charge in [-0.25, -0.2) is 4.98 Å². The Bertz CT molecular complexity index is 612. The molecule has 2 aliphatic heterocycles. The molecule has 1 N–H and O–H groups in total. The molecule has 158 valence electrons. The first-order chi connectivity index (χ1) is 13.6. The Hall–Kier alpha value is -1.44. The number of likely N-dealkylation sites (N-methyl/N-ethyl adjacent to an activating group) is 1. The number of hydrogen-bond donors (Lipinski definition) is 1. The number of aliphatic hydroxyl groups is 1. The van der Waals surface area contributed by atoms with Gasteiger partial charge in [0.05, 0.1) is 0 Å². The maximum absolute atomic E-state index is 12.9. The quantitative estimate of drug-likeness (QED) is 0.718. The minimum absolute atomic E-state index is 0.236. The lowest BCUT2D eigenvalue weighted by atomic mass is 9.86. The molecule has 1 aromatic rings. The molecule has 2 aliphatic rings. The molecule has 3 heterocycles. The molecule has 2 fully saturated rings. The second-order valence-corrected chi connectivity index (χ2v) is 8.30. The number of piperazine rings is 1. The van der Waals surface area contributed by atoms with Crippen LogP contribution in [-0.2, 0) is 17.8 Å². The zero-order valence-electron chi connectivity index (χ0n) is 17.6. The molecule has 1 amide bonds. The van der Waals surface area contributed by atoms with E-state index in [2.05, 4.69) is 38.2 Å². The van der Waals surface area contributed by atoms with Crippen LogP contribution in [0.4, 0.5) is 0 Å². The third-order valence-corrected chi connectivity index (χ3v) is 6.47. The summed E-state index contributed by atoms with van der Waals surface area (Å²) in [4.78, 5) is 24.3. The van der Waals surface area contributed by atoms with Crippen LogP contribution in [0.1, 0.15) is 38.4 Å². The number of imidazole rings is 1. The number of rotatable bonds is 8. The lowest BCUT2D eigenvalue weighted by Crippen LogP contribution is -2.57. The number of carbonyl (C=O) groups excluding carboxylic acids is 1. The van der Waals surface area contributed by atoms with Crippen molar-refractivity contribution >= 4 is 5.91 Å². The third-order valence-electron chi connectivity index (χ3n) is 6.47. The average molecular weight is 392 g/mol. The van der Waals surface area contributed by atoms with Gasteiger partial charge in [-0.3, -0.25) is 9.69 Å².